The van der Waals surface area contributed by atoms with Gasteiger partial charge in [-0.3, -0.25) is 0 Å². The number of ether oxygens (including phenoxy) is 2. The molecule has 0 saturated heterocycles. The molecule has 0 N–H and O–H groups in total. The SMILES string of the molecule is C=CCC1(c2cc(OC)ccc2OC)C=CN(Cc2ccccc2)CC1. The van der Waals surface area contributed by atoms with Crippen LogP contribution in [0.4, 0.5) is 0 Å². The molecule has 3 nitrogen and oxygen atoms in total. The lowest BCUT2D eigenvalue weighted by atomic mass is 9.73. The number of benzene rings is 2. The molecule has 0 spiro atoms. The topological polar surface area (TPSA) is 21.7 Å². The molecule has 2 aromatic rings. The summed E-state index contributed by atoms with van der Waals surface area (Å²) in [6.45, 7) is 5.90. The normalized spacial score (nSPS) is 19.2. The Labute approximate surface area is 156 Å². The maximum atomic E-state index is 5.65. The van der Waals surface area contributed by atoms with Gasteiger partial charge in [0.15, 0.2) is 0 Å². The Hall–Kier alpha value is -2.68. The monoisotopic (exact) mass is 349 g/mol. The number of nitrogens with zero attached hydrogens (tertiary/aromatic N) is 1. The summed E-state index contributed by atoms with van der Waals surface area (Å²) in [5.41, 5.74) is 2.37. The molecule has 1 unspecified atom stereocenters. The van der Waals surface area contributed by atoms with Gasteiger partial charge < -0.3 is 14.4 Å². The fraction of sp³-hybridized carbons (Fsp3) is 0.304. The van der Waals surface area contributed by atoms with E-state index in [1.54, 1.807) is 14.2 Å². The maximum absolute atomic E-state index is 5.65. The molecule has 1 aliphatic heterocycles. The van der Waals surface area contributed by atoms with Crippen LogP contribution in [-0.4, -0.2) is 25.7 Å². The standard InChI is InChI=1S/C23H27NO2/c1-4-12-23(21-17-20(25-2)10-11-22(21)26-3)13-15-24(16-14-23)18-19-8-6-5-7-9-19/h4-11,13,15,17H,1,12,14,16,18H2,2-3H3. The smallest absolute Gasteiger partial charge is 0.123 e. The molecule has 3 rings (SSSR count). The summed E-state index contributed by atoms with van der Waals surface area (Å²) < 4.78 is 11.1. The molecule has 1 atom stereocenters. The van der Waals surface area contributed by atoms with Crippen LogP contribution < -0.4 is 9.47 Å². The molecule has 0 fully saturated rings. The minimum absolute atomic E-state index is 0.116. The number of methoxy groups -OCH3 is 2. The molecule has 0 aromatic heterocycles. The van der Waals surface area contributed by atoms with Crippen LogP contribution in [0.1, 0.15) is 24.0 Å². The molecule has 0 radical (unpaired) electrons. The van der Waals surface area contributed by atoms with Gasteiger partial charge in [0.1, 0.15) is 11.5 Å². The zero-order valence-electron chi connectivity index (χ0n) is 15.7. The third-order valence-corrected chi connectivity index (χ3v) is 5.13. The highest BCUT2D eigenvalue weighted by atomic mass is 16.5. The molecule has 26 heavy (non-hydrogen) atoms. The summed E-state index contributed by atoms with van der Waals surface area (Å²) in [5.74, 6) is 1.75. The second-order valence-electron chi connectivity index (χ2n) is 6.74. The van der Waals surface area contributed by atoms with Crippen molar-refractivity contribution >= 4 is 0 Å². The average molecular weight is 349 g/mol. The zero-order valence-corrected chi connectivity index (χ0v) is 15.7. The Morgan fingerprint density at radius 3 is 2.54 bits per heavy atom. The number of rotatable bonds is 7. The Morgan fingerprint density at radius 1 is 1.12 bits per heavy atom. The quantitative estimate of drug-likeness (QED) is 0.661. The van der Waals surface area contributed by atoms with E-state index in [0.29, 0.717) is 0 Å². The van der Waals surface area contributed by atoms with Gasteiger partial charge in [0.2, 0.25) is 0 Å². The molecule has 2 aromatic carbocycles. The maximum Gasteiger partial charge on any atom is 0.123 e. The lowest BCUT2D eigenvalue weighted by Gasteiger charge is -2.38. The molecule has 136 valence electrons. The van der Waals surface area contributed by atoms with Crippen molar-refractivity contribution in [1.29, 1.82) is 0 Å². The second kappa shape index (κ2) is 8.13. The van der Waals surface area contributed by atoms with Crippen molar-refractivity contribution in [3.05, 3.63) is 84.6 Å². The fourth-order valence-corrected chi connectivity index (χ4v) is 3.66. The first-order valence-electron chi connectivity index (χ1n) is 9.01. The number of allylic oxidation sites excluding steroid dienone is 2. The van der Waals surface area contributed by atoms with E-state index >= 15 is 0 Å². The highest BCUT2D eigenvalue weighted by Gasteiger charge is 2.34. The molecule has 0 bridgehead atoms. The lowest BCUT2D eigenvalue weighted by molar-refractivity contribution is 0.288. The van der Waals surface area contributed by atoms with E-state index in [-0.39, 0.29) is 5.41 Å². The molecule has 0 amide bonds. The van der Waals surface area contributed by atoms with E-state index in [1.165, 1.54) is 5.56 Å². The van der Waals surface area contributed by atoms with Gasteiger partial charge in [-0.25, -0.2) is 0 Å². The summed E-state index contributed by atoms with van der Waals surface area (Å²) in [4.78, 5) is 2.36. The molecule has 1 heterocycles. The van der Waals surface area contributed by atoms with Gasteiger partial charge in [0, 0.05) is 24.1 Å². The van der Waals surface area contributed by atoms with E-state index in [1.807, 2.05) is 18.2 Å². The van der Waals surface area contributed by atoms with Crippen LogP contribution in [0.5, 0.6) is 11.5 Å². The van der Waals surface area contributed by atoms with Gasteiger partial charge >= 0.3 is 0 Å². The number of hydrogen-bond donors (Lipinski definition) is 0. The van der Waals surface area contributed by atoms with Crippen LogP contribution in [-0.2, 0) is 12.0 Å². The van der Waals surface area contributed by atoms with Crippen LogP contribution in [0.15, 0.2) is 73.5 Å². The van der Waals surface area contributed by atoms with Gasteiger partial charge in [-0.05, 0) is 42.8 Å². The van der Waals surface area contributed by atoms with Crippen molar-refractivity contribution in [1.82, 2.24) is 4.90 Å². The number of hydrogen-bond acceptors (Lipinski definition) is 3. The van der Waals surface area contributed by atoms with Crippen molar-refractivity contribution < 1.29 is 9.47 Å². The first-order valence-corrected chi connectivity index (χ1v) is 9.01. The van der Waals surface area contributed by atoms with E-state index in [9.17, 15) is 0 Å². The van der Waals surface area contributed by atoms with Crippen LogP contribution in [0, 0.1) is 0 Å². The zero-order chi connectivity index (χ0) is 18.4. The first kappa shape index (κ1) is 18.1. The molecule has 1 aliphatic rings. The first-order chi connectivity index (χ1) is 12.7. The van der Waals surface area contributed by atoms with Crippen molar-refractivity contribution in [2.75, 3.05) is 20.8 Å². The van der Waals surface area contributed by atoms with Crippen molar-refractivity contribution in [3.8, 4) is 11.5 Å². The summed E-state index contributed by atoms with van der Waals surface area (Å²) in [6, 6.07) is 16.6. The largest absolute Gasteiger partial charge is 0.497 e. The van der Waals surface area contributed by atoms with Crippen LogP contribution >= 0.6 is 0 Å². The van der Waals surface area contributed by atoms with Gasteiger partial charge in [-0.15, -0.1) is 6.58 Å². The van der Waals surface area contributed by atoms with E-state index < -0.39 is 0 Å². The van der Waals surface area contributed by atoms with Gasteiger partial charge in [-0.1, -0.05) is 42.5 Å². The third-order valence-electron chi connectivity index (χ3n) is 5.13. The Bertz CT molecular complexity index is 769. The Morgan fingerprint density at radius 2 is 1.92 bits per heavy atom. The molecule has 0 saturated carbocycles. The van der Waals surface area contributed by atoms with Crippen LogP contribution in [0.3, 0.4) is 0 Å². The van der Waals surface area contributed by atoms with Gasteiger partial charge in [0.05, 0.1) is 14.2 Å². The highest BCUT2D eigenvalue weighted by molar-refractivity contribution is 5.48. The van der Waals surface area contributed by atoms with Crippen molar-refractivity contribution in [3.63, 3.8) is 0 Å². The van der Waals surface area contributed by atoms with Crippen molar-refractivity contribution in [2.45, 2.75) is 24.8 Å². The predicted octanol–water partition coefficient (Wildman–Crippen LogP) is 4.94. The summed E-state index contributed by atoms with van der Waals surface area (Å²) >= 11 is 0. The second-order valence-corrected chi connectivity index (χ2v) is 6.74. The minimum atomic E-state index is -0.116. The van der Waals surface area contributed by atoms with E-state index in [2.05, 4.69) is 60.2 Å². The fourth-order valence-electron chi connectivity index (χ4n) is 3.66. The molecule has 0 aliphatic carbocycles. The van der Waals surface area contributed by atoms with E-state index in [4.69, 9.17) is 9.47 Å². The average Bonchev–Trinajstić information content (AvgIpc) is 2.70. The minimum Gasteiger partial charge on any atom is -0.497 e. The van der Waals surface area contributed by atoms with Gasteiger partial charge in [-0.2, -0.15) is 0 Å². The highest BCUT2D eigenvalue weighted by Crippen LogP contribution is 2.43. The summed E-state index contributed by atoms with van der Waals surface area (Å²) in [6.07, 6.45) is 8.39. The van der Waals surface area contributed by atoms with Crippen molar-refractivity contribution in [2.24, 2.45) is 0 Å². The molecular weight excluding hydrogens is 322 g/mol. The van der Waals surface area contributed by atoms with Gasteiger partial charge in [0.25, 0.3) is 0 Å². The molecular formula is C23H27NO2. The lowest BCUT2D eigenvalue weighted by Crippen LogP contribution is -2.34. The Kier molecular flexibility index (Phi) is 5.67. The van der Waals surface area contributed by atoms with Crippen LogP contribution in [0.2, 0.25) is 0 Å². The molecule has 3 heteroatoms. The summed E-state index contributed by atoms with van der Waals surface area (Å²) in [7, 11) is 3.42. The Balaban J connectivity index is 1.90. The van der Waals surface area contributed by atoms with Crippen LogP contribution in [0.25, 0.3) is 0 Å². The summed E-state index contributed by atoms with van der Waals surface area (Å²) in [5, 5.41) is 0. The predicted molar refractivity (Wildman–Crippen MR) is 107 cm³/mol. The third kappa shape index (κ3) is 3.77. The van der Waals surface area contributed by atoms with E-state index in [0.717, 1.165) is 43.0 Å².